The average Bonchev–Trinajstić information content (AvgIpc) is 2.79. The van der Waals surface area contributed by atoms with Crippen molar-refractivity contribution in [2.75, 3.05) is 5.32 Å². The molecule has 3 rings (SSSR count). The summed E-state index contributed by atoms with van der Waals surface area (Å²) in [4.78, 5) is 42.3. The fourth-order valence-corrected chi connectivity index (χ4v) is 3.37. The van der Waals surface area contributed by atoms with Crippen LogP contribution in [0.15, 0.2) is 24.5 Å². The number of nitrogens with one attached hydrogen (secondary N) is 1. The number of likely N-dealkylation sites (tertiary alicyclic amines) is 1. The first-order chi connectivity index (χ1) is 10.6. The second-order valence-corrected chi connectivity index (χ2v) is 5.95. The maximum Gasteiger partial charge on any atom is 0.247 e. The number of aromatic nitrogens is 1. The lowest BCUT2D eigenvalue weighted by molar-refractivity contribution is -0.146. The van der Waals surface area contributed by atoms with Gasteiger partial charge in [0.05, 0.1) is 11.8 Å². The second-order valence-electron chi connectivity index (χ2n) is 5.95. The van der Waals surface area contributed by atoms with Crippen molar-refractivity contribution >= 4 is 23.4 Å². The highest BCUT2D eigenvalue weighted by Crippen LogP contribution is 2.38. The topological polar surface area (TPSA) is 79.4 Å². The summed E-state index contributed by atoms with van der Waals surface area (Å²) in [7, 11) is 0. The van der Waals surface area contributed by atoms with Gasteiger partial charge in [0, 0.05) is 18.1 Å². The van der Waals surface area contributed by atoms with E-state index in [1.165, 1.54) is 0 Å². The number of anilines is 1. The zero-order valence-corrected chi connectivity index (χ0v) is 12.5. The summed E-state index contributed by atoms with van der Waals surface area (Å²) in [6.45, 7) is 1.60. The number of fused-ring (bicyclic) bond motifs is 1. The number of carbonyl (C=O) groups is 3. The van der Waals surface area contributed by atoms with Gasteiger partial charge in [-0.15, -0.1) is 0 Å². The molecule has 0 spiro atoms. The van der Waals surface area contributed by atoms with Crippen LogP contribution in [0.3, 0.4) is 0 Å². The van der Waals surface area contributed by atoms with Gasteiger partial charge in [0.15, 0.2) is 0 Å². The van der Waals surface area contributed by atoms with Crippen LogP contribution >= 0.6 is 0 Å². The molecule has 0 radical (unpaired) electrons. The SMILES string of the molecule is CC(C(=O)Nc1ccncc1)N1C(=O)C2CCCCC2C1=O. The molecule has 116 valence electrons. The highest BCUT2D eigenvalue weighted by Gasteiger charge is 2.50. The van der Waals surface area contributed by atoms with E-state index in [1.54, 1.807) is 31.5 Å². The Morgan fingerprint density at radius 2 is 1.73 bits per heavy atom. The average molecular weight is 301 g/mol. The summed E-state index contributed by atoms with van der Waals surface area (Å²) >= 11 is 0. The standard InChI is InChI=1S/C16H19N3O3/c1-10(14(20)18-11-6-8-17-9-7-11)19-15(21)12-4-2-3-5-13(12)16(19)22/h6-10,12-13H,2-5H2,1H3,(H,17,18,20). The number of hydrogen-bond donors (Lipinski definition) is 1. The molecule has 6 nitrogen and oxygen atoms in total. The fourth-order valence-electron chi connectivity index (χ4n) is 3.37. The molecule has 1 saturated heterocycles. The van der Waals surface area contributed by atoms with Crippen LogP contribution in [0.1, 0.15) is 32.6 Å². The number of nitrogens with zero attached hydrogens (tertiary/aromatic N) is 2. The minimum absolute atomic E-state index is 0.188. The Hall–Kier alpha value is -2.24. The fraction of sp³-hybridized carbons (Fsp3) is 0.500. The maximum absolute atomic E-state index is 12.5. The van der Waals surface area contributed by atoms with Gasteiger partial charge in [-0.1, -0.05) is 12.8 Å². The molecule has 3 atom stereocenters. The lowest BCUT2D eigenvalue weighted by atomic mass is 9.81. The summed E-state index contributed by atoms with van der Waals surface area (Å²) < 4.78 is 0. The van der Waals surface area contributed by atoms with E-state index in [9.17, 15) is 14.4 Å². The van der Waals surface area contributed by atoms with Crippen LogP contribution < -0.4 is 5.32 Å². The Bertz CT molecular complexity index is 578. The number of imide groups is 1. The molecule has 22 heavy (non-hydrogen) atoms. The van der Waals surface area contributed by atoms with Gasteiger partial charge in [0.2, 0.25) is 17.7 Å². The van der Waals surface area contributed by atoms with E-state index in [4.69, 9.17) is 0 Å². The summed E-state index contributed by atoms with van der Waals surface area (Å²) in [6.07, 6.45) is 6.61. The molecule has 2 heterocycles. The Morgan fingerprint density at radius 1 is 1.18 bits per heavy atom. The first kappa shape index (κ1) is 14.7. The van der Waals surface area contributed by atoms with E-state index >= 15 is 0 Å². The minimum atomic E-state index is -0.793. The quantitative estimate of drug-likeness (QED) is 0.860. The lowest BCUT2D eigenvalue weighted by Crippen LogP contribution is -2.46. The number of amides is 3. The van der Waals surface area contributed by atoms with Crippen molar-refractivity contribution in [3.05, 3.63) is 24.5 Å². The number of pyridine rings is 1. The molecule has 6 heteroatoms. The van der Waals surface area contributed by atoms with Crippen molar-refractivity contribution in [2.24, 2.45) is 11.8 Å². The van der Waals surface area contributed by atoms with Crippen LogP contribution in [0.5, 0.6) is 0 Å². The molecular weight excluding hydrogens is 282 g/mol. The third-order valence-corrected chi connectivity index (χ3v) is 4.59. The molecular formula is C16H19N3O3. The largest absolute Gasteiger partial charge is 0.324 e. The molecule has 1 aliphatic heterocycles. The zero-order valence-electron chi connectivity index (χ0n) is 12.5. The van der Waals surface area contributed by atoms with Crippen LogP contribution in [0, 0.1) is 11.8 Å². The van der Waals surface area contributed by atoms with Crippen molar-refractivity contribution in [1.29, 1.82) is 0 Å². The normalized spacial score (nSPS) is 25.8. The molecule has 0 bridgehead atoms. The monoisotopic (exact) mass is 301 g/mol. The van der Waals surface area contributed by atoms with Gasteiger partial charge >= 0.3 is 0 Å². The summed E-state index contributed by atoms with van der Waals surface area (Å²) in [6, 6.07) is 2.54. The van der Waals surface area contributed by atoms with E-state index in [2.05, 4.69) is 10.3 Å². The van der Waals surface area contributed by atoms with Crippen LogP contribution in [-0.2, 0) is 14.4 Å². The summed E-state index contributed by atoms with van der Waals surface area (Å²) in [5.74, 6) is -1.18. The zero-order chi connectivity index (χ0) is 15.7. The molecule has 3 amide bonds. The molecule has 1 saturated carbocycles. The predicted octanol–water partition coefficient (Wildman–Crippen LogP) is 1.58. The van der Waals surface area contributed by atoms with Gasteiger partial charge in [-0.2, -0.15) is 0 Å². The van der Waals surface area contributed by atoms with Crippen molar-refractivity contribution in [3.8, 4) is 0 Å². The Kier molecular flexibility index (Phi) is 3.92. The van der Waals surface area contributed by atoms with Gasteiger partial charge in [0.25, 0.3) is 0 Å². The highest BCUT2D eigenvalue weighted by atomic mass is 16.2. The van der Waals surface area contributed by atoms with Crippen LogP contribution in [0.4, 0.5) is 5.69 Å². The molecule has 1 aliphatic carbocycles. The second kappa shape index (κ2) is 5.87. The Labute approximate surface area is 128 Å². The first-order valence-corrected chi connectivity index (χ1v) is 7.67. The smallest absolute Gasteiger partial charge is 0.247 e. The van der Waals surface area contributed by atoms with Gasteiger partial charge < -0.3 is 5.32 Å². The van der Waals surface area contributed by atoms with Crippen LogP contribution in [0.2, 0.25) is 0 Å². The van der Waals surface area contributed by atoms with Gasteiger partial charge in [0.1, 0.15) is 6.04 Å². The Morgan fingerprint density at radius 3 is 2.27 bits per heavy atom. The molecule has 2 aliphatic rings. The highest BCUT2D eigenvalue weighted by molar-refractivity contribution is 6.09. The van der Waals surface area contributed by atoms with Gasteiger partial charge in [-0.25, -0.2) is 0 Å². The predicted molar refractivity (Wildman–Crippen MR) is 79.6 cm³/mol. The molecule has 1 aromatic heterocycles. The van der Waals surface area contributed by atoms with Gasteiger partial charge in [-0.3, -0.25) is 24.3 Å². The van der Waals surface area contributed by atoms with Crippen LogP contribution in [0.25, 0.3) is 0 Å². The van der Waals surface area contributed by atoms with Crippen molar-refractivity contribution in [1.82, 2.24) is 9.88 Å². The minimum Gasteiger partial charge on any atom is -0.324 e. The lowest BCUT2D eigenvalue weighted by Gasteiger charge is -2.22. The third-order valence-electron chi connectivity index (χ3n) is 4.59. The van der Waals surface area contributed by atoms with Crippen molar-refractivity contribution in [2.45, 2.75) is 38.6 Å². The van der Waals surface area contributed by atoms with Crippen LogP contribution in [-0.4, -0.2) is 33.6 Å². The summed E-state index contributed by atoms with van der Waals surface area (Å²) in [5, 5.41) is 2.72. The van der Waals surface area contributed by atoms with E-state index in [0.717, 1.165) is 30.6 Å². The van der Waals surface area contributed by atoms with Crippen molar-refractivity contribution < 1.29 is 14.4 Å². The Balaban J connectivity index is 1.74. The molecule has 2 fully saturated rings. The molecule has 0 aromatic carbocycles. The van der Waals surface area contributed by atoms with E-state index in [1.807, 2.05) is 0 Å². The van der Waals surface area contributed by atoms with Gasteiger partial charge in [-0.05, 0) is 31.9 Å². The maximum atomic E-state index is 12.5. The number of hydrogen-bond acceptors (Lipinski definition) is 4. The van der Waals surface area contributed by atoms with E-state index in [0.29, 0.717) is 5.69 Å². The molecule has 3 unspecified atom stereocenters. The summed E-state index contributed by atoms with van der Waals surface area (Å²) in [5.41, 5.74) is 0.600. The molecule has 1 N–H and O–H groups in total. The van der Waals surface area contributed by atoms with Crippen molar-refractivity contribution in [3.63, 3.8) is 0 Å². The first-order valence-electron chi connectivity index (χ1n) is 7.67. The molecule has 1 aromatic rings. The number of rotatable bonds is 3. The number of carbonyl (C=O) groups excluding carboxylic acids is 3. The van der Waals surface area contributed by atoms with E-state index < -0.39 is 6.04 Å². The van der Waals surface area contributed by atoms with E-state index in [-0.39, 0.29) is 29.6 Å². The third kappa shape index (κ3) is 2.49.